The summed E-state index contributed by atoms with van der Waals surface area (Å²) in [6, 6.07) is 4.80. The molecule has 88 valence electrons. The summed E-state index contributed by atoms with van der Waals surface area (Å²) in [7, 11) is 0. The van der Waals surface area contributed by atoms with Crippen LogP contribution in [0, 0.1) is 5.82 Å². The zero-order chi connectivity index (χ0) is 12.0. The van der Waals surface area contributed by atoms with Gasteiger partial charge >= 0.3 is 6.03 Å². The molecule has 5 heteroatoms. The van der Waals surface area contributed by atoms with Crippen LogP contribution in [0.1, 0.15) is 12.8 Å². The van der Waals surface area contributed by atoms with Gasteiger partial charge in [-0.05, 0) is 37.1 Å². The molecule has 2 fully saturated rings. The van der Waals surface area contributed by atoms with Crippen LogP contribution in [0.3, 0.4) is 0 Å². The first kappa shape index (κ1) is 10.3. The summed E-state index contributed by atoms with van der Waals surface area (Å²) in [6.07, 6.45) is 1.60. The van der Waals surface area contributed by atoms with Crippen LogP contribution in [0.15, 0.2) is 24.3 Å². The lowest BCUT2D eigenvalue weighted by molar-refractivity contribution is -0.119. The Morgan fingerprint density at radius 2 is 1.88 bits per heavy atom. The second-order valence-corrected chi connectivity index (χ2v) is 4.28. The fourth-order valence-corrected chi connectivity index (χ4v) is 2.45. The number of hydrogen-bond acceptors (Lipinski definition) is 2. The van der Waals surface area contributed by atoms with Crippen molar-refractivity contribution in [3.63, 3.8) is 0 Å². The van der Waals surface area contributed by atoms with Crippen molar-refractivity contribution in [3.8, 4) is 0 Å². The van der Waals surface area contributed by atoms with Crippen molar-refractivity contribution in [1.82, 2.24) is 4.90 Å². The third kappa shape index (κ3) is 1.42. The maximum atomic E-state index is 12.8. The quantitative estimate of drug-likeness (QED) is 0.695. The maximum absolute atomic E-state index is 12.8. The molecular weight excluding hydrogens is 223 g/mol. The van der Waals surface area contributed by atoms with E-state index in [-0.39, 0.29) is 23.8 Å². The van der Waals surface area contributed by atoms with E-state index in [4.69, 9.17) is 0 Å². The minimum atomic E-state index is -0.381. The zero-order valence-corrected chi connectivity index (χ0v) is 9.10. The molecule has 0 N–H and O–H groups in total. The number of urea groups is 1. The van der Waals surface area contributed by atoms with E-state index in [0.29, 0.717) is 12.2 Å². The Bertz CT molecular complexity index is 464. The van der Waals surface area contributed by atoms with Gasteiger partial charge in [0.15, 0.2) is 0 Å². The number of benzene rings is 1. The van der Waals surface area contributed by atoms with Gasteiger partial charge in [0.05, 0.1) is 5.69 Å². The molecule has 17 heavy (non-hydrogen) atoms. The molecule has 0 radical (unpaired) electrons. The van der Waals surface area contributed by atoms with E-state index >= 15 is 0 Å². The van der Waals surface area contributed by atoms with Crippen LogP contribution in [-0.4, -0.2) is 29.4 Å². The minimum Gasteiger partial charge on any atom is -0.312 e. The normalized spacial score (nSPS) is 23.5. The molecule has 1 unspecified atom stereocenters. The van der Waals surface area contributed by atoms with Crippen LogP contribution < -0.4 is 4.90 Å². The van der Waals surface area contributed by atoms with Gasteiger partial charge in [-0.25, -0.2) is 14.1 Å². The molecule has 0 spiro atoms. The number of amides is 3. The summed E-state index contributed by atoms with van der Waals surface area (Å²) < 4.78 is 12.8. The smallest absolute Gasteiger partial charge is 0.312 e. The van der Waals surface area contributed by atoms with Gasteiger partial charge in [0.1, 0.15) is 11.9 Å². The first-order chi connectivity index (χ1) is 8.18. The lowest BCUT2D eigenvalue weighted by Crippen LogP contribution is -2.32. The number of carbonyl (C=O) groups is 2. The lowest BCUT2D eigenvalue weighted by Gasteiger charge is -2.15. The van der Waals surface area contributed by atoms with Crippen molar-refractivity contribution < 1.29 is 14.0 Å². The van der Waals surface area contributed by atoms with Crippen molar-refractivity contribution in [2.45, 2.75) is 18.9 Å². The molecule has 3 amide bonds. The van der Waals surface area contributed by atoms with Crippen LogP contribution in [0.2, 0.25) is 0 Å². The Kier molecular flexibility index (Phi) is 2.14. The first-order valence-corrected chi connectivity index (χ1v) is 5.58. The second kappa shape index (κ2) is 3.55. The molecule has 1 aromatic carbocycles. The monoisotopic (exact) mass is 234 g/mol. The van der Waals surface area contributed by atoms with Gasteiger partial charge in [0, 0.05) is 6.54 Å². The molecule has 2 aliphatic heterocycles. The molecule has 1 atom stereocenters. The van der Waals surface area contributed by atoms with Gasteiger partial charge in [-0.3, -0.25) is 4.79 Å². The van der Waals surface area contributed by atoms with Crippen molar-refractivity contribution in [3.05, 3.63) is 30.1 Å². The predicted molar refractivity (Wildman–Crippen MR) is 59.0 cm³/mol. The van der Waals surface area contributed by atoms with E-state index in [1.165, 1.54) is 24.3 Å². The van der Waals surface area contributed by atoms with Gasteiger partial charge in [-0.1, -0.05) is 0 Å². The van der Waals surface area contributed by atoms with Crippen LogP contribution in [0.25, 0.3) is 0 Å². The summed E-state index contributed by atoms with van der Waals surface area (Å²) in [5, 5.41) is 0. The van der Waals surface area contributed by atoms with Crippen molar-refractivity contribution in [1.29, 1.82) is 0 Å². The van der Waals surface area contributed by atoms with Gasteiger partial charge in [-0.2, -0.15) is 0 Å². The fourth-order valence-electron chi connectivity index (χ4n) is 2.45. The summed E-state index contributed by atoms with van der Waals surface area (Å²) in [5.41, 5.74) is 0.441. The van der Waals surface area contributed by atoms with Gasteiger partial charge in [-0.15, -0.1) is 0 Å². The first-order valence-electron chi connectivity index (χ1n) is 5.58. The highest BCUT2D eigenvalue weighted by Gasteiger charge is 2.47. The number of hydrogen-bond donors (Lipinski definition) is 0. The summed E-state index contributed by atoms with van der Waals surface area (Å²) in [6.45, 7) is 0.632. The number of imide groups is 1. The SMILES string of the molecule is O=C1C2CCCN2C(=O)N1c1ccc(F)cc1. The maximum Gasteiger partial charge on any atom is 0.332 e. The topological polar surface area (TPSA) is 40.6 Å². The third-order valence-corrected chi connectivity index (χ3v) is 3.28. The van der Waals surface area contributed by atoms with Crippen LogP contribution in [-0.2, 0) is 4.79 Å². The van der Waals surface area contributed by atoms with Crippen molar-refractivity contribution in [2.24, 2.45) is 0 Å². The van der Waals surface area contributed by atoms with E-state index in [1.807, 2.05) is 0 Å². The second-order valence-electron chi connectivity index (χ2n) is 4.28. The molecule has 0 saturated carbocycles. The number of nitrogens with zero attached hydrogens (tertiary/aromatic N) is 2. The average molecular weight is 234 g/mol. The Labute approximate surface area is 97.6 Å². The highest BCUT2D eigenvalue weighted by Crippen LogP contribution is 2.31. The predicted octanol–water partition coefficient (Wildman–Crippen LogP) is 1.76. The van der Waals surface area contributed by atoms with Crippen molar-refractivity contribution in [2.75, 3.05) is 11.4 Å². The Hall–Kier alpha value is -1.91. The highest BCUT2D eigenvalue weighted by atomic mass is 19.1. The zero-order valence-electron chi connectivity index (χ0n) is 9.10. The molecule has 0 aromatic heterocycles. The van der Waals surface area contributed by atoms with E-state index in [0.717, 1.165) is 17.7 Å². The van der Waals surface area contributed by atoms with Crippen LogP contribution in [0.4, 0.5) is 14.9 Å². The fraction of sp³-hybridized carbons (Fsp3) is 0.333. The standard InChI is InChI=1S/C12H11FN2O2/c13-8-3-5-9(6-4-8)15-11(16)10-2-1-7-14(10)12(15)17/h3-6,10H,1-2,7H2. The number of rotatable bonds is 1. The number of carbonyl (C=O) groups excluding carboxylic acids is 2. The molecule has 0 bridgehead atoms. The molecule has 1 aromatic rings. The summed E-state index contributed by atoms with van der Waals surface area (Å²) in [5.74, 6) is -0.576. The third-order valence-electron chi connectivity index (χ3n) is 3.28. The molecule has 4 nitrogen and oxygen atoms in total. The van der Waals surface area contributed by atoms with Crippen molar-refractivity contribution >= 4 is 17.6 Å². The Morgan fingerprint density at radius 3 is 2.53 bits per heavy atom. The number of fused-ring (bicyclic) bond motifs is 1. The summed E-state index contributed by atoms with van der Waals surface area (Å²) >= 11 is 0. The Morgan fingerprint density at radius 1 is 1.18 bits per heavy atom. The molecule has 3 rings (SSSR count). The van der Waals surface area contributed by atoms with Gasteiger partial charge in [0.2, 0.25) is 0 Å². The molecular formula is C12H11FN2O2. The van der Waals surface area contributed by atoms with Gasteiger partial charge in [0.25, 0.3) is 5.91 Å². The lowest BCUT2D eigenvalue weighted by atomic mass is 10.2. The molecule has 2 aliphatic rings. The van der Waals surface area contributed by atoms with E-state index in [9.17, 15) is 14.0 Å². The number of anilines is 1. The van der Waals surface area contributed by atoms with E-state index < -0.39 is 0 Å². The number of halogens is 1. The van der Waals surface area contributed by atoms with E-state index in [1.54, 1.807) is 4.90 Å². The minimum absolute atomic E-state index is 0.195. The largest absolute Gasteiger partial charge is 0.332 e. The molecule has 2 heterocycles. The van der Waals surface area contributed by atoms with Crippen LogP contribution >= 0.6 is 0 Å². The van der Waals surface area contributed by atoms with Crippen LogP contribution in [0.5, 0.6) is 0 Å². The van der Waals surface area contributed by atoms with E-state index in [2.05, 4.69) is 0 Å². The average Bonchev–Trinajstić information content (AvgIpc) is 2.87. The summed E-state index contributed by atoms with van der Waals surface area (Å²) in [4.78, 5) is 26.8. The molecule has 0 aliphatic carbocycles. The Balaban J connectivity index is 1.96. The molecule has 2 saturated heterocycles. The van der Waals surface area contributed by atoms with Gasteiger partial charge < -0.3 is 4.90 Å². The highest BCUT2D eigenvalue weighted by molar-refractivity contribution is 6.21.